The molecule has 0 bridgehead atoms. The Morgan fingerprint density at radius 1 is 1.22 bits per heavy atom. The van der Waals surface area contributed by atoms with Gasteiger partial charge in [-0.15, -0.1) is 0 Å². The Hall–Kier alpha value is -2.21. The Labute approximate surface area is 140 Å². The second-order valence-electron chi connectivity index (χ2n) is 5.74. The summed E-state index contributed by atoms with van der Waals surface area (Å²) in [4.78, 5) is 8.93. The molecular formula is C17H21N5S. The predicted octanol–water partition coefficient (Wildman–Crippen LogP) is 3.71. The Morgan fingerprint density at radius 3 is 2.78 bits per heavy atom. The summed E-state index contributed by atoms with van der Waals surface area (Å²) in [5.41, 5.74) is 1.34. The molecule has 0 amide bonds. The number of rotatable bonds is 7. The van der Waals surface area contributed by atoms with Gasteiger partial charge in [-0.25, -0.2) is 9.97 Å². The van der Waals surface area contributed by atoms with Crippen LogP contribution in [0.4, 0.5) is 5.13 Å². The largest absolute Gasteiger partial charge is 0.353 e. The van der Waals surface area contributed by atoms with E-state index in [-0.39, 0.29) is 0 Å². The highest BCUT2D eigenvalue weighted by atomic mass is 32.1. The molecule has 23 heavy (non-hydrogen) atoms. The zero-order chi connectivity index (χ0) is 16.1. The lowest BCUT2D eigenvalue weighted by Crippen LogP contribution is -2.10. The fraction of sp³-hybridized carbons (Fsp3) is 0.353. The molecular weight excluding hydrogens is 306 g/mol. The van der Waals surface area contributed by atoms with E-state index >= 15 is 0 Å². The summed E-state index contributed by atoms with van der Waals surface area (Å²) in [6.07, 6.45) is 4.88. The number of aryl methyl sites for hydroxylation is 2. The van der Waals surface area contributed by atoms with Gasteiger partial charge in [0.15, 0.2) is 0 Å². The smallest absolute Gasteiger partial charge is 0.202 e. The summed E-state index contributed by atoms with van der Waals surface area (Å²) in [6, 6.07) is 10.5. The average molecular weight is 327 g/mol. The monoisotopic (exact) mass is 327 g/mol. The molecule has 0 aliphatic rings. The third kappa shape index (κ3) is 4.16. The fourth-order valence-electron chi connectivity index (χ4n) is 2.30. The van der Waals surface area contributed by atoms with Gasteiger partial charge in [0.1, 0.15) is 11.6 Å². The summed E-state index contributed by atoms with van der Waals surface area (Å²) in [6.45, 7) is 5.78. The van der Waals surface area contributed by atoms with Crippen LogP contribution in [-0.2, 0) is 19.5 Å². The van der Waals surface area contributed by atoms with Crippen LogP contribution >= 0.6 is 11.5 Å². The molecule has 1 aromatic carbocycles. The summed E-state index contributed by atoms with van der Waals surface area (Å²) < 4.78 is 6.54. The highest BCUT2D eigenvalue weighted by Gasteiger charge is 2.09. The molecule has 3 aromatic rings. The van der Waals surface area contributed by atoms with E-state index < -0.39 is 0 Å². The van der Waals surface area contributed by atoms with Gasteiger partial charge in [0, 0.05) is 36.4 Å². The Bertz CT molecular complexity index is 732. The van der Waals surface area contributed by atoms with Crippen molar-refractivity contribution in [1.29, 1.82) is 0 Å². The Morgan fingerprint density at radius 2 is 2.04 bits per heavy atom. The standard InChI is InChI=1S/C17H21N5S/c1-13(2)16-20-17(23-21-16)19-12-15-18-9-11-22(15)10-8-14-6-4-3-5-7-14/h3-7,9,11,13H,8,10,12H2,1-2H3,(H,19,20,21). The molecule has 0 spiro atoms. The molecule has 0 saturated carbocycles. The first kappa shape index (κ1) is 15.7. The van der Waals surface area contributed by atoms with Crippen molar-refractivity contribution < 1.29 is 0 Å². The maximum Gasteiger partial charge on any atom is 0.202 e. The van der Waals surface area contributed by atoms with Gasteiger partial charge >= 0.3 is 0 Å². The second kappa shape index (κ2) is 7.37. The van der Waals surface area contributed by atoms with Crippen LogP contribution in [0.25, 0.3) is 0 Å². The van der Waals surface area contributed by atoms with Gasteiger partial charge in [-0.3, -0.25) is 0 Å². The van der Waals surface area contributed by atoms with E-state index in [1.165, 1.54) is 17.1 Å². The van der Waals surface area contributed by atoms with Crippen molar-refractivity contribution in [3.8, 4) is 0 Å². The molecule has 0 unspecified atom stereocenters. The van der Waals surface area contributed by atoms with E-state index in [0.29, 0.717) is 12.5 Å². The van der Waals surface area contributed by atoms with Crippen LogP contribution in [0.3, 0.4) is 0 Å². The normalized spacial score (nSPS) is 11.1. The van der Waals surface area contributed by atoms with E-state index in [9.17, 15) is 0 Å². The number of anilines is 1. The van der Waals surface area contributed by atoms with Crippen LogP contribution in [0.1, 0.15) is 37.0 Å². The molecule has 1 N–H and O–H groups in total. The Balaban J connectivity index is 1.57. The summed E-state index contributed by atoms with van der Waals surface area (Å²) in [5.74, 6) is 2.27. The molecule has 6 heteroatoms. The van der Waals surface area contributed by atoms with E-state index in [2.05, 4.69) is 62.3 Å². The highest BCUT2D eigenvalue weighted by molar-refractivity contribution is 7.09. The van der Waals surface area contributed by atoms with Crippen molar-refractivity contribution in [3.05, 3.63) is 59.9 Å². The zero-order valence-corrected chi connectivity index (χ0v) is 14.3. The third-order valence-corrected chi connectivity index (χ3v) is 4.33. The topological polar surface area (TPSA) is 55.6 Å². The number of benzene rings is 1. The highest BCUT2D eigenvalue weighted by Crippen LogP contribution is 2.17. The van der Waals surface area contributed by atoms with Crippen molar-refractivity contribution in [2.45, 2.75) is 39.3 Å². The molecule has 2 heterocycles. The van der Waals surface area contributed by atoms with Crippen molar-refractivity contribution in [2.24, 2.45) is 0 Å². The summed E-state index contributed by atoms with van der Waals surface area (Å²) in [7, 11) is 0. The molecule has 120 valence electrons. The van der Waals surface area contributed by atoms with Crippen LogP contribution in [0.2, 0.25) is 0 Å². The molecule has 2 aromatic heterocycles. The van der Waals surface area contributed by atoms with Crippen LogP contribution in [-0.4, -0.2) is 18.9 Å². The number of hydrogen-bond acceptors (Lipinski definition) is 5. The van der Waals surface area contributed by atoms with Gasteiger partial charge in [-0.1, -0.05) is 44.2 Å². The molecule has 0 fully saturated rings. The lowest BCUT2D eigenvalue weighted by Gasteiger charge is -2.08. The maximum atomic E-state index is 4.49. The number of nitrogens with zero attached hydrogens (tertiary/aromatic N) is 4. The van der Waals surface area contributed by atoms with Gasteiger partial charge in [-0.2, -0.15) is 4.37 Å². The quantitative estimate of drug-likeness (QED) is 0.719. The van der Waals surface area contributed by atoms with E-state index in [1.807, 2.05) is 18.5 Å². The minimum Gasteiger partial charge on any atom is -0.353 e. The molecule has 3 rings (SSSR count). The van der Waals surface area contributed by atoms with E-state index in [1.54, 1.807) is 0 Å². The Kier molecular flexibility index (Phi) is 5.02. The summed E-state index contributed by atoms with van der Waals surface area (Å²) in [5, 5.41) is 4.18. The molecule has 0 aliphatic heterocycles. The predicted molar refractivity (Wildman–Crippen MR) is 93.7 cm³/mol. The minimum absolute atomic E-state index is 0.356. The molecule has 0 atom stereocenters. The molecule has 0 radical (unpaired) electrons. The molecule has 5 nitrogen and oxygen atoms in total. The lowest BCUT2D eigenvalue weighted by atomic mass is 10.1. The minimum atomic E-state index is 0.356. The third-order valence-electron chi connectivity index (χ3n) is 3.64. The summed E-state index contributed by atoms with van der Waals surface area (Å²) >= 11 is 1.41. The maximum absolute atomic E-state index is 4.49. The number of nitrogens with one attached hydrogen (secondary N) is 1. The second-order valence-corrected chi connectivity index (χ2v) is 6.49. The van der Waals surface area contributed by atoms with Crippen LogP contribution in [0.15, 0.2) is 42.7 Å². The number of hydrogen-bond donors (Lipinski definition) is 1. The van der Waals surface area contributed by atoms with Crippen molar-refractivity contribution in [1.82, 2.24) is 18.9 Å². The lowest BCUT2D eigenvalue weighted by molar-refractivity contribution is 0.658. The molecule has 0 saturated heterocycles. The zero-order valence-electron chi connectivity index (χ0n) is 13.4. The first-order chi connectivity index (χ1) is 11.2. The van der Waals surface area contributed by atoms with E-state index in [0.717, 1.165) is 29.7 Å². The van der Waals surface area contributed by atoms with Gasteiger partial charge in [0.05, 0.1) is 6.54 Å². The van der Waals surface area contributed by atoms with Crippen molar-refractivity contribution >= 4 is 16.7 Å². The van der Waals surface area contributed by atoms with Gasteiger partial charge in [0.2, 0.25) is 5.13 Å². The van der Waals surface area contributed by atoms with Gasteiger partial charge in [-0.05, 0) is 12.0 Å². The van der Waals surface area contributed by atoms with Crippen LogP contribution in [0.5, 0.6) is 0 Å². The van der Waals surface area contributed by atoms with Crippen LogP contribution in [0, 0.1) is 0 Å². The first-order valence-electron chi connectivity index (χ1n) is 7.84. The SMILES string of the molecule is CC(C)c1nsc(NCc2nccn2CCc2ccccc2)n1. The van der Waals surface area contributed by atoms with Crippen molar-refractivity contribution in [2.75, 3.05) is 5.32 Å². The van der Waals surface area contributed by atoms with E-state index in [4.69, 9.17) is 0 Å². The number of aromatic nitrogens is 4. The van der Waals surface area contributed by atoms with Gasteiger partial charge in [0.25, 0.3) is 0 Å². The fourth-order valence-corrected chi connectivity index (χ4v) is 3.00. The van der Waals surface area contributed by atoms with Gasteiger partial charge < -0.3 is 9.88 Å². The van der Waals surface area contributed by atoms with Crippen molar-refractivity contribution in [3.63, 3.8) is 0 Å². The average Bonchev–Trinajstić information content (AvgIpc) is 3.21. The first-order valence-corrected chi connectivity index (χ1v) is 8.61. The number of imidazole rings is 1. The molecule has 0 aliphatic carbocycles. The van der Waals surface area contributed by atoms with Crippen LogP contribution < -0.4 is 5.32 Å².